The number of anilines is 1. The van der Waals surface area contributed by atoms with Gasteiger partial charge in [-0.15, -0.1) is 11.8 Å². The largest absolute Gasteiger partial charge is 0.377 e. The van der Waals surface area contributed by atoms with Crippen molar-refractivity contribution in [3.05, 3.63) is 41.6 Å². The fourth-order valence-electron chi connectivity index (χ4n) is 2.33. The first-order valence-electron chi connectivity index (χ1n) is 7.13. The molecule has 2 aromatic rings. The Morgan fingerprint density at radius 2 is 2.18 bits per heavy atom. The number of morpholine rings is 1. The quantitative estimate of drug-likeness (QED) is 0.632. The van der Waals surface area contributed by atoms with Crippen LogP contribution in [-0.4, -0.2) is 40.8 Å². The molecule has 0 radical (unpaired) electrons. The highest BCUT2D eigenvalue weighted by Gasteiger charge is 2.21. The second-order valence-electron chi connectivity index (χ2n) is 5.08. The molecule has 3 rings (SSSR count). The Bertz CT molecular complexity index is 628. The second kappa shape index (κ2) is 7.26. The molecule has 2 aromatic heterocycles. The third kappa shape index (κ3) is 3.88. The number of rotatable bonds is 4. The third-order valence-electron chi connectivity index (χ3n) is 3.44. The number of halogens is 1. The third-order valence-corrected chi connectivity index (χ3v) is 4.65. The van der Waals surface area contributed by atoms with Gasteiger partial charge in [-0.3, -0.25) is 4.98 Å². The average molecular weight is 337 g/mol. The van der Waals surface area contributed by atoms with E-state index in [4.69, 9.17) is 16.3 Å². The highest BCUT2D eigenvalue weighted by molar-refractivity contribution is 7.98. The van der Waals surface area contributed by atoms with Crippen molar-refractivity contribution in [2.45, 2.75) is 23.6 Å². The zero-order valence-corrected chi connectivity index (χ0v) is 13.8. The first-order chi connectivity index (χ1) is 10.7. The van der Waals surface area contributed by atoms with E-state index in [9.17, 15) is 0 Å². The van der Waals surface area contributed by atoms with Crippen LogP contribution in [-0.2, 0) is 10.5 Å². The van der Waals surface area contributed by atoms with Crippen molar-refractivity contribution in [3.8, 4) is 0 Å². The highest BCUT2D eigenvalue weighted by atomic mass is 35.5. The molecule has 0 aromatic carbocycles. The van der Waals surface area contributed by atoms with Gasteiger partial charge in [0.25, 0.3) is 0 Å². The molecule has 1 aliphatic rings. The minimum absolute atomic E-state index is 0.292. The Morgan fingerprint density at radius 1 is 1.36 bits per heavy atom. The zero-order valence-electron chi connectivity index (χ0n) is 12.3. The first kappa shape index (κ1) is 15.5. The fraction of sp³-hybridized carbons (Fsp3) is 0.400. The summed E-state index contributed by atoms with van der Waals surface area (Å²) in [5.41, 5.74) is 0.926. The maximum Gasteiger partial charge on any atom is 0.224 e. The van der Waals surface area contributed by atoms with E-state index in [1.165, 1.54) is 0 Å². The topological polar surface area (TPSA) is 51.1 Å². The van der Waals surface area contributed by atoms with E-state index in [-0.39, 0.29) is 0 Å². The van der Waals surface area contributed by atoms with Crippen LogP contribution in [0.15, 0.2) is 35.5 Å². The van der Waals surface area contributed by atoms with Gasteiger partial charge < -0.3 is 9.64 Å². The molecule has 116 valence electrons. The first-order valence-corrected chi connectivity index (χ1v) is 8.49. The minimum atomic E-state index is 0.292. The molecule has 1 atom stereocenters. The zero-order chi connectivity index (χ0) is 15.4. The lowest BCUT2D eigenvalue weighted by molar-refractivity contribution is 0.0985. The Labute approximate surface area is 139 Å². The molecule has 0 amide bonds. The smallest absolute Gasteiger partial charge is 0.224 e. The van der Waals surface area contributed by atoms with Gasteiger partial charge in [0.1, 0.15) is 5.82 Å². The van der Waals surface area contributed by atoms with Gasteiger partial charge in [-0.1, -0.05) is 0 Å². The summed E-state index contributed by atoms with van der Waals surface area (Å²) in [6.07, 6.45) is 3.58. The van der Waals surface area contributed by atoms with Gasteiger partial charge in [0, 0.05) is 35.7 Å². The number of hydrogen-bond acceptors (Lipinski definition) is 6. The van der Waals surface area contributed by atoms with Crippen LogP contribution >= 0.6 is 23.4 Å². The molecule has 0 spiro atoms. The summed E-state index contributed by atoms with van der Waals surface area (Å²) in [4.78, 5) is 16.1. The summed E-state index contributed by atoms with van der Waals surface area (Å²) in [6, 6.07) is 6.28. The van der Waals surface area contributed by atoms with Gasteiger partial charge in [0.2, 0.25) is 5.28 Å². The minimum Gasteiger partial charge on any atom is -0.377 e. The van der Waals surface area contributed by atoms with Crippen LogP contribution in [0.4, 0.5) is 5.82 Å². The van der Waals surface area contributed by atoms with Crippen molar-refractivity contribution in [1.29, 1.82) is 0 Å². The number of hydrogen-bond donors (Lipinski definition) is 0. The van der Waals surface area contributed by atoms with Gasteiger partial charge in [0.15, 0.2) is 0 Å². The monoisotopic (exact) mass is 336 g/mol. The second-order valence-corrected chi connectivity index (χ2v) is 6.46. The number of ether oxygens (including phenoxy) is 1. The van der Waals surface area contributed by atoms with Crippen LogP contribution in [0.3, 0.4) is 0 Å². The maximum absolute atomic E-state index is 6.10. The molecule has 0 aliphatic carbocycles. The summed E-state index contributed by atoms with van der Waals surface area (Å²) in [6.45, 7) is 4.38. The Balaban J connectivity index is 1.74. The van der Waals surface area contributed by atoms with Crippen LogP contribution in [0.2, 0.25) is 5.28 Å². The Morgan fingerprint density at radius 3 is 2.95 bits per heavy atom. The summed E-state index contributed by atoms with van der Waals surface area (Å²) in [7, 11) is 0. The lowest BCUT2D eigenvalue weighted by atomic mass is 10.2. The highest BCUT2D eigenvalue weighted by Crippen LogP contribution is 2.25. The summed E-state index contributed by atoms with van der Waals surface area (Å²) in [5, 5.41) is 0.293. The SMILES string of the molecule is C[C@H]1COCCN1c1cc(CSc2ccncc2)nc(Cl)n1. The Hall–Kier alpha value is -1.37. The molecule has 7 heteroatoms. The lowest BCUT2D eigenvalue weighted by Crippen LogP contribution is -2.44. The molecular weight excluding hydrogens is 320 g/mol. The number of thioether (sulfide) groups is 1. The molecule has 0 unspecified atom stereocenters. The van der Waals surface area contributed by atoms with Crippen molar-refractivity contribution in [2.75, 3.05) is 24.7 Å². The molecule has 0 N–H and O–H groups in total. The Kier molecular flexibility index (Phi) is 5.12. The van der Waals surface area contributed by atoms with E-state index in [2.05, 4.69) is 26.8 Å². The predicted octanol–water partition coefficient (Wildman–Crippen LogP) is 3.04. The molecule has 0 saturated carbocycles. The standard InChI is InChI=1S/C15H17ClN4OS/c1-11-9-21-7-6-20(11)14-8-12(18-15(16)19-14)10-22-13-2-4-17-5-3-13/h2-5,8,11H,6-7,9-10H2,1H3/t11-/m0/s1. The summed E-state index contributed by atoms with van der Waals surface area (Å²) in [5.74, 6) is 1.62. The van der Waals surface area contributed by atoms with Crippen molar-refractivity contribution in [2.24, 2.45) is 0 Å². The van der Waals surface area contributed by atoms with E-state index in [1.807, 2.05) is 18.2 Å². The predicted molar refractivity (Wildman–Crippen MR) is 88.5 cm³/mol. The number of nitrogens with zero attached hydrogens (tertiary/aromatic N) is 4. The summed E-state index contributed by atoms with van der Waals surface area (Å²) < 4.78 is 5.47. The molecule has 5 nitrogen and oxygen atoms in total. The normalized spacial score (nSPS) is 18.5. The number of aromatic nitrogens is 3. The van der Waals surface area contributed by atoms with Crippen LogP contribution in [0.1, 0.15) is 12.6 Å². The fourth-order valence-corrected chi connectivity index (χ4v) is 3.30. The number of pyridine rings is 1. The molecule has 22 heavy (non-hydrogen) atoms. The van der Waals surface area contributed by atoms with Gasteiger partial charge in [-0.05, 0) is 30.7 Å². The van der Waals surface area contributed by atoms with Gasteiger partial charge in [0.05, 0.1) is 24.9 Å². The van der Waals surface area contributed by atoms with Crippen LogP contribution in [0, 0.1) is 0 Å². The van der Waals surface area contributed by atoms with Crippen molar-refractivity contribution < 1.29 is 4.74 Å². The molecule has 3 heterocycles. The van der Waals surface area contributed by atoms with E-state index in [0.29, 0.717) is 24.5 Å². The molecule has 1 saturated heterocycles. The van der Waals surface area contributed by atoms with Crippen LogP contribution in [0.5, 0.6) is 0 Å². The molecule has 0 bridgehead atoms. The van der Waals surface area contributed by atoms with Crippen molar-refractivity contribution >= 4 is 29.2 Å². The van der Waals surface area contributed by atoms with Crippen molar-refractivity contribution in [1.82, 2.24) is 15.0 Å². The molecular formula is C15H17ClN4OS. The van der Waals surface area contributed by atoms with Crippen LogP contribution in [0.25, 0.3) is 0 Å². The van der Waals surface area contributed by atoms with E-state index in [0.717, 1.165) is 28.7 Å². The van der Waals surface area contributed by atoms with Gasteiger partial charge in [-0.2, -0.15) is 0 Å². The van der Waals surface area contributed by atoms with E-state index >= 15 is 0 Å². The van der Waals surface area contributed by atoms with Crippen molar-refractivity contribution in [3.63, 3.8) is 0 Å². The molecule has 1 fully saturated rings. The molecule has 1 aliphatic heterocycles. The van der Waals surface area contributed by atoms with E-state index < -0.39 is 0 Å². The lowest BCUT2D eigenvalue weighted by Gasteiger charge is -2.34. The maximum atomic E-state index is 6.10. The van der Waals surface area contributed by atoms with Gasteiger partial charge in [-0.25, -0.2) is 9.97 Å². The van der Waals surface area contributed by atoms with E-state index in [1.54, 1.807) is 24.2 Å². The van der Waals surface area contributed by atoms with Gasteiger partial charge >= 0.3 is 0 Å². The summed E-state index contributed by atoms with van der Waals surface area (Å²) >= 11 is 7.81. The average Bonchev–Trinajstić information content (AvgIpc) is 2.54. The van der Waals surface area contributed by atoms with Crippen LogP contribution < -0.4 is 4.90 Å².